The van der Waals surface area contributed by atoms with Gasteiger partial charge in [-0.25, -0.2) is 10.6 Å². The lowest BCUT2D eigenvalue weighted by molar-refractivity contribution is -0.134. The first kappa shape index (κ1) is 15.2. The zero-order chi connectivity index (χ0) is 16.4. The highest BCUT2D eigenvalue weighted by Crippen LogP contribution is 2.28. The molecular formula is C14H17N5O4. The largest absolute Gasteiger partial charge is 0.480 e. The van der Waals surface area contributed by atoms with Crippen LogP contribution in [-0.4, -0.2) is 46.5 Å². The minimum atomic E-state index is -0.357. The first-order valence-electron chi connectivity index (χ1n) is 7.25. The number of hydroxylamine groups is 1. The summed E-state index contributed by atoms with van der Waals surface area (Å²) in [7, 11) is 1.46. The molecule has 2 aromatic rings. The summed E-state index contributed by atoms with van der Waals surface area (Å²) < 4.78 is 5.23. The molecule has 122 valence electrons. The van der Waals surface area contributed by atoms with E-state index in [0.29, 0.717) is 42.5 Å². The number of hydrogen-bond acceptors (Lipinski definition) is 7. The van der Waals surface area contributed by atoms with E-state index in [9.17, 15) is 9.59 Å². The van der Waals surface area contributed by atoms with Crippen LogP contribution < -0.4 is 20.7 Å². The molecule has 3 N–H and O–H groups in total. The monoisotopic (exact) mass is 319 g/mol. The standard InChI is InChI=1S/C14H17N5O4/c1-23-14-11-9(7-15-17-13(11)21)6-10(16-14)19-4-2-8(3-5-19)12(20)18-22/h6-8,22H,2-5H2,1H3,(H,17,21)(H,18,20). The van der Waals surface area contributed by atoms with Crippen molar-refractivity contribution in [3.8, 4) is 5.88 Å². The predicted molar refractivity (Wildman–Crippen MR) is 81.6 cm³/mol. The second-order valence-electron chi connectivity index (χ2n) is 5.39. The normalized spacial score (nSPS) is 15.7. The number of aromatic amines is 1. The number of piperidine rings is 1. The van der Waals surface area contributed by atoms with E-state index in [1.54, 1.807) is 17.7 Å². The van der Waals surface area contributed by atoms with E-state index in [1.807, 2.05) is 4.90 Å². The average Bonchev–Trinajstić information content (AvgIpc) is 2.60. The Labute approximate surface area is 131 Å². The molecule has 9 heteroatoms. The maximum atomic E-state index is 11.9. The molecule has 2 aromatic heterocycles. The van der Waals surface area contributed by atoms with Crippen LogP contribution in [0.4, 0.5) is 5.82 Å². The molecule has 0 aliphatic carbocycles. The van der Waals surface area contributed by atoms with Gasteiger partial charge in [0.2, 0.25) is 11.8 Å². The molecule has 0 aromatic carbocycles. The number of hydrogen-bond donors (Lipinski definition) is 3. The number of amides is 1. The van der Waals surface area contributed by atoms with Crippen LogP contribution >= 0.6 is 0 Å². The molecule has 0 atom stereocenters. The minimum Gasteiger partial charge on any atom is -0.480 e. The van der Waals surface area contributed by atoms with Gasteiger partial charge >= 0.3 is 0 Å². The van der Waals surface area contributed by atoms with Crippen molar-refractivity contribution in [1.82, 2.24) is 20.7 Å². The lowest BCUT2D eigenvalue weighted by Crippen LogP contribution is -2.40. The third-order valence-corrected chi connectivity index (χ3v) is 4.09. The number of nitrogens with zero attached hydrogens (tertiary/aromatic N) is 3. The van der Waals surface area contributed by atoms with E-state index >= 15 is 0 Å². The van der Waals surface area contributed by atoms with Crippen molar-refractivity contribution < 1.29 is 14.7 Å². The van der Waals surface area contributed by atoms with Gasteiger partial charge in [-0.2, -0.15) is 10.1 Å². The summed E-state index contributed by atoms with van der Waals surface area (Å²) in [5.41, 5.74) is 1.35. The zero-order valence-corrected chi connectivity index (χ0v) is 12.6. The smallest absolute Gasteiger partial charge is 0.277 e. The topological polar surface area (TPSA) is 120 Å². The average molecular weight is 319 g/mol. The molecule has 23 heavy (non-hydrogen) atoms. The minimum absolute atomic E-state index is 0.205. The summed E-state index contributed by atoms with van der Waals surface area (Å²) in [4.78, 5) is 29.8. The lowest BCUT2D eigenvalue weighted by Gasteiger charge is -2.32. The van der Waals surface area contributed by atoms with Gasteiger partial charge in [-0.15, -0.1) is 0 Å². The van der Waals surface area contributed by atoms with Crippen molar-refractivity contribution in [3.63, 3.8) is 0 Å². The van der Waals surface area contributed by atoms with Gasteiger partial charge in [-0.1, -0.05) is 0 Å². The van der Waals surface area contributed by atoms with E-state index in [2.05, 4.69) is 15.2 Å². The van der Waals surface area contributed by atoms with E-state index in [4.69, 9.17) is 9.94 Å². The number of anilines is 1. The number of carbonyl (C=O) groups excluding carboxylic acids is 1. The van der Waals surface area contributed by atoms with E-state index in [1.165, 1.54) is 7.11 Å². The van der Waals surface area contributed by atoms with Gasteiger partial charge in [0.15, 0.2) is 0 Å². The van der Waals surface area contributed by atoms with E-state index in [0.717, 1.165) is 0 Å². The van der Waals surface area contributed by atoms with Gasteiger partial charge in [0.1, 0.15) is 11.2 Å². The molecule has 0 saturated carbocycles. The Kier molecular flexibility index (Phi) is 4.11. The van der Waals surface area contributed by atoms with Crippen LogP contribution in [0.2, 0.25) is 0 Å². The van der Waals surface area contributed by atoms with Crippen molar-refractivity contribution in [1.29, 1.82) is 0 Å². The Hall–Kier alpha value is -2.68. The van der Waals surface area contributed by atoms with Crippen LogP contribution in [0.15, 0.2) is 17.1 Å². The van der Waals surface area contributed by atoms with Crippen molar-refractivity contribution in [2.24, 2.45) is 5.92 Å². The van der Waals surface area contributed by atoms with Crippen molar-refractivity contribution in [2.75, 3.05) is 25.1 Å². The van der Waals surface area contributed by atoms with Crippen LogP contribution in [0.1, 0.15) is 12.8 Å². The molecule has 1 amide bonds. The highest BCUT2D eigenvalue weighted by Gasteiger charge is 2.26. The second kappa shape index (κ2) is 6.21. The fraction of sp³-hybridized carbons (Fsp3) is 0.429. The molecule has 1 aliphatic rings. The predicted octanol–water partition coefficient (Wildman–Crippen LogP) is 0.0485. The molecule has 9 nitrogen and oxygen atoms in total. The fourth-order valence-corrected chi connectivity index (χ4v) is 2.85. The van der Waals surface area contributed by atoms with Crippen LogP contribution in [0, 0.1) is 5.92 Å². The van der Waals surface area contributed by atoms with E-state index in [-0.39, 0.29) is 23.3 Å². The van der Waals surface area contributed by atoms with Crippen molar-refractivity contribution in [2.45, 2.75) is 12.8 Å². The molecule has 0 spiro atoms. The van der Waals surface area contributed by atoms with Crippen LogP contribution in [0.25, 0.3) is 10.8 Å². The molecule has 3 rings (SSSR count). The Morgan fingerprint density at radius 2 is 2.22 bits per heavy atom. The summed E-state index contributed by atoms with van der Waals surface area (Å²) in [5, 5.41) is 15.9. The molecule has 3 heterocycles. The van der Waals surface area contributed by atoms with Gasteiger partial charge in [-0.3, -0.25) is 14.8 Å². The quantitative estimate of drug-likeness (QED) is 0.540. The summed E-state index contributed by atoms with van der Waals surface area (Å²) in [5.74, 6) is 0.355. The SMILES string of the molecule is COc1nc(N2CCC(C(=O)NO)CC2)cc2cn[nH]c(=O)c12. The number of H-pyrrole nitrogens is 1. The summed E-state index contributed by atoms with van der Waals surface area (Å²) >= 11 is 0. The molecule has 0 bridgehead atoms. The molecule has 0 radical (unpaired) electrons. The fourth-order valence-electron chi connectivity index (χ4n) is 2.85. The molecule has 1 saturated heterocycles. The van der Waals surface area contributed by atoms with Crippen molar-refractivity contribution >= 4 is 22.5 Å². The van der Waals surface area contributed by atoms with Crippen LogP contribution in [-0.2, 0) is 4.79 Å². The highest BCUT2D eigenvalue weighted by molar-refractivity contribution is 5.87. The highest BCUT2D eigenvalue weighted by atomic mass is 16.5. The Bertz CT molecular complexity index is 782. The van der Waals surface area contributed by atoms with Crippen molar-refractivity contribution in [3.05, 3.63) is 22.6 Å². The summed E-state index contributed by atoms with van der Waals surface area (Å²) in [6.45, 7) is 1.24. The third-order valence-electron chi connectivity index (χ3n) is 4.09. The first-order chi connectivity index (χ1) is 11.1. The number of fused-ring (bicyclic) bond motifs is 1. The van der Waals surface area contributed by atoms with Gasteiger partial charge in [0, 0.05) is 24.4 Å². The van der Waals surface area contributed by atoms with E-state index < -0.39 is 0 Å². The number of methoxy groups -OCH3 is 1. The maximum absolute atomic E-state index is 11.9. The third kappa shape index (κ3) is 2.82. The molecule has 1 fully saturated rings. The Morgan fingerprint density at radius 3 is 2.87 bits per heavy atom. The molecule has 0 unspecified atom stereocenters. The van der Waals surface area contributed by atoms with Gasteiger partial charge in [-0.05, 0) is 18.9 Å². The number of rotatable bonds is 3. The number of carbonyl (C=O) groups is 1. The van der Waals surface area contributed by atoms with Gasteiger partial charge in [0.25, 0.3) is 5.56 Å². The first-order valence-corrected chi connectivity index (χ1v) is 7.25. The van der Waals surface area contributed by atoms with Gasteiger partial charge in [0.05, 0.1) is 13.3 Å². The number of aromatic nitrogens is 3. The number of ether oxygens (including phenoxy) is 1. The maximum Gasteiger partial charge on any atom is 0.277 e. The van der Waals surface area contributed by atoms with Gasteiger partial charge < -0.3 is 9.64 Å². The summed E-state index contributed by atoms with van der Waals surface area (Å²) in [6, 6.07) is 1.78. The second-order valence-corrected chi connectivity index (χ2v) is 5.39. The van der Waals surface area contributed by atoms with Crippen LogP contribution in [0.5, 0.6) is 5.88 Å². The zero-order valence-electron chi connectivity index (χ0n) is 12.6. The Balaban J connectivity index is 1.90. The number of pyridine rings is 1. The summed E-state index contributed by atoms with van der Waals surface area (Å²) in [6.07, 6.45) is 2.78. The molecular weight excluding hydrogens is 302 g/mol. The van der Waals surface area contributed by atoms with Crippen LogP contribution in [0.3, 0.4) is 0 Å². The Morgan fingerprint density at radius 1 is 1.48 bits per heavy atom. The lowest BCUT2D eigenvalue weighted by atomic mass is 9.96. The number of nitrogens with one attached hydrogen (secondary N) is 2. The molecule has 1 aliphatic heterocycles.